The number of carbonyl (C=O) groups excluding carboxylic acids is 5. The van der Waals surface area contributed by atoms with Crippen molar-refractivity contribution in [3.05, 3.63) is 12.2 Å². The van der Waals surface area contributed by atoms with Crippen molar-refractivity contribution in [2.24, 2.45) is 0 Å². The lowest BCUT2D eigenvalue weighted by molar-refractivity contribution is -1.12. The molecule has 0 aromatic rings. The molecule has 2 rings (SSSR count). The van der Waals surface area contributed by atoms with Gasteiger partial charge in [0.25, 0.3) is 11.8 Å². The second-order valence-corrected chi connectivity index (χ2v) is 7.42. The Morgan fingerprint density at radius 1 is 1.11 bits per heavy atom. The van der Waals surface area contributed by atoms with Gasteiger partial charge in [-0.25, -0.2) is 29.4 Å². The van der Waals surface area contributed by atoms with Crippen LogP contribution in [0.1, 0.15) is 19.3 Å². The first kappa shape index (κ1) is 21.0. The zero-order chi connectivity index (χ0) is 20.2. The lowest BCUT2D eigenvalue weighted by Gasteiger charge is -2.18. The zero-order valence-electron chi connectivity index (χ0n) is 14.0. The van der Waals surface area contributed by atoms with Gasteiger partial charge in [0, 0.05) is 31.8 Å². The van der Waals surface area contributed by atoms with Gasteiger partial charge in [-0.3, -0.25) is 19.1 Å². The second kappa shape index (κ2) is 8.17. The lowest BCUT2D eigenvalue weighted by Crippen LogP contribution is -2.50. The molecule has 14 heteroatoms. The van der Waals surface area contributed by atoms with Crippen molar-refractivity contribution in [3.8, 4) is 0 Å². The third-order valence-electron chi connectivity index (χ3n) is 3.68. The van der Waals surface area contributed by atoms with Crippen LogP contribution in [0.25, 0.3) is 0 Å². The first-order chi connectivity index (χ1) is 12.5. The summed E-state index contributed by atoms with van der Waals surface area (Å²) in [5.74, 6) is -4.14. The first-order valence-corrected chi connectivity index (χ1v) is 9.49. The van der Waals surface area contributed by atoms with E-state index in [1.54, 1.807) is 0 Å². The van der Waals surface area contributed by atoms with Crippen LogP contribution in [0.5, 0.6) is 0 Å². The average Bonchev–Trinajstić information content (AvgIpc) is 3.02. The standard InChI is InChI=1S/C13H17N4O9P/c18-9-1-2-10(19)16(9)8-7-15-27(24,25)14-6-5-13(22)26-17(23)11(20)3-4-12(17)21/h1-2,23H,3-8H2,(H2-,14,15,24,25)/p+1. The Labute approximate surface area is 152 Å². The molecule has 0 aliphatic carbocycles. The minimum Gasteiger partial charge on any atom is -0.322 e. The molecule has 4 amide bonds. The highest BCUT2D eigenvalue weighted by atomic mass is 31.2. The van der Waals surface area contributed by atoms with Crippen LogP contribution in [-0.4, -0.2) is 69.0 Å². The summed E-state index contributed by atoms with van der Waals surface area (Å²) in [6, 6.07) is 0. The molecular formula is C13H18N4O9P+. The predicted molar refractivity (Wildman–Crippen MR) is 83.7 cm³/mol. The van der Waals surface area contributed by atoms with Crippen LogP contribution in [0.15, 0.2) is 12.2 Å². The summed E-state index contributed by atoms with van der Waals surface area (Å²) in [5, 5.41) is 14.1. The molecule has 2 aliphatic heterocycles. The number of imide groups is 2. The SMILES string of the molecule is O=C(CCNP(=O)(O)NCCN1C(=O)C=CC1=O)O[N+]1(O)C(=O)CCC1=O. The topological polar surface area (TPSA) is 179 Å². The number of hydroxylamine groups is 4. The minimum absolute atomic E-state index is 0.131. The van der Waals surface area contributed by atoms with Gasteiger partial charge in [0.15, 0.2) is 0 Å². The normalized spacial score (nSPS) is 21.0. The van der Waals surface area contributed by atoms with Gasteiger partial charge >= 0.3 is 25.5 Å². The van der Waals surface area contributed by atoms with Crippen LogP contribution in [0.4, 0.5) is 0 Å². The molecule has 1 atom stereocenters. The van der Waals surface area contributed by atoms with E-state index >= 15 is 0 Å². The number of rotatable bonds is 9. The fourth-order valence-electron chi connectivity index (χ4n) is 2.28. The Balaban J connectivity index is 1.70. The fourth-order valence-corrected chi connectivity index (χ4v) is 3.21. The summed E-state index contributed by atoms with van der Waals surface area (Å²) in [6.07, 6.45) is 1.14. The molecule has 27 heavy (non-hydrogen) atoms. The number of amides is 4. The number of hydrogen-bond donors (Lipinski definition) is 4. The van der Waals surface area contributed by atoms with Crippen LogP contribution in [0, 0.1) is 0 Å². The van der Waals surface area contributed by atoms with Crippen molar-refractivity contribution in [1.82, 2.24) is 15.1 Å². The highest BCUT2D eigenvalue weighted by Crippen LogP contribution is 2.28. The van der Waals surface area contributed by atoms with E-state index in [4.69, 9.17) is 0 Å². The van der Waals surface area contributed by atoms with Crippen LogP contribution < -0.4 is 10.2 Å². The summed E-state index contributed by atoms with van der Waals surface area (Å²) in [6.45, 7) is -0.678. The van der Waals surface area contributed by atoms with Gasteiger partial charge in [-0.05, 0) is 0 Å². The Morgan fingerprint density at radius 2 is 1.63 bits per heavy atom. The molecule has 1 fully saturated rings. The molecule has 0 saturated carbocycles. The molecule has 1 unspecified atom stereocenters. The van der Waals surface area contributed by atoms with Gasteiger partial charge < -0.3 is 4.89 Å². The van der Waals surface area contributed by atoms with Gasteiger partial charge in [-0.1, -0.05) is 0 Å². The van der Waals surface area contributed by atoms with Gasteiger partial charge in [0.05, 0.1) is 19.3 Å². The summed E-state index contributed by atoms with van der Waals surface area (Å²) >= 11 is 0. The maximum absolute atomic E-state index is 11.9. The third-order valence-corrected chi connectivity index (χ3v) is 4.98. The number of nitrogens with one attached hydrogen (secondary N) is 2. The molecule has 0 spiro atoms. The van der Waals surface area contributed by atoms with E-state index in [-0.39, 0.29) is 32.5 Å². The molecule has 13 nitrogen and oxygen atoms in total. The summed E-state index contributed by atoms with van der Waals surface area (Å²) in [5.41, 5.74) is 0. The number of nitrogens with zero attached hydrogens (tertiary/aromatic N) is 2. The molecule has 0 aromatic heterocycles. The van der Waals surface area contributed by atoms with Gasteiger partial charge in [0.1, 0.15) is 4.81 Å². The third kappa shape index (κ3) is 5.13. The quantitative estimate of drug-likeness (QED) is 0.146. The highest BCUT2D eigenvalue weighted by Gasteiger charge is 2.55. The first-order valence-electron chi connectivity index (χ1n) is 7.83. The number of carbonyl (C=O) groups is 5. The summed E-state index contributed by atoms with van der Waals surface area (Å²) in [4.78, 5) is 70.0. The monoisotopic (exact) mass is 405 g/mol. The van der Waals surface area contributed by atoms with Crippen molar-refractivity contribution < 1.29 is 48.3 Å². The molecular weight excluding hydrogens is 387 g/mol. The van der Waals surface area contributed by atoms with E-state index in [1.165, 1.54) is 0 Å². The van der Waals surface area contributed by atoms with Crippen molar-refractivity contribution in [2.75, 3.05) is 19.6 Å². The average molecular weight is 405 g/mol. The molecule has 1 saturated heterocycles. The smallest absolute Gasteiger partial charge is 0.322 e. The minimum atomic E-state index is -4.10. The van der Waals surface area contributed by atoms with Crippen molar-refractivity contribution in [2.45, 2.75) is 19.3 Å². The van der Waals surface area contributed by atoms with E-state index in [0.717, 1.165) is 17.1 Å². The Kier molecular flexibility index (Phi) is 6.36. The maximum Gasteiger partial charge on any atom is 0.397 e. The Morgan fingerprint density at radius 3 is 2.19 bits per heavy atom. The molecule has 0 radical (unpaired) electrons. The van der Waals surface area contributed by atoms with Crippen LogP contribution in [0.2, 0.25) is 0 Å². The Bertz CT molecular complexity index is 731. The van der Waals surface area contributed by atoms with Gasteiger partial charge in [0.2, 0.25) is 0 Å². The van der Waals surface area contributed by atoms with E-state index in [9.17, 15) is 38.6 Å². The maximum atomic E-state index is 11.9. The molecule has 148 valence electrons. The Hall–Kier alpha value is -2.28. The zero-order valence-corrected chi connectivity index (χ0v) is 14.9. The lowest BCUT2D eigenvalue weighted by atomic mass is 10.4. The van der Waals surface area contributed by atoms with Gasteiger partial charge in [-0.2, -0.15) is 5.21 Å². The van der Waals surface area contributed by atoms with Crippen LogP contribution >= 0.6 is 7.67 Å². The van der Waals surface area contributed by atoms with E-state index < -0.39 is 48.5 Å². The van der Waals surface area contributed by atoms with E-state index in [1.807, 2.05) is 0 Å². The number of quaternary nitrogens is 1. The van der Waals surface area contributed by atoms with Gasteiger partial charge in [-0.15, -0.1) is 0 Å². The van der Waals surface area contributed by atoms with Crippen LogP contribution in [0.3, 0.4) is 0 Å². The van der Waals surface area contributed by atoms with Crippen molar-refractivity contribution >= 4 is 37.3 Å². The number of hydrogen-bond acceptors (Lipinski definition) is 8. The van der Waals surface area contributed by atoms with Crippen molar-refractivity contribution in [1.29, 1.82) is 0 Å². The fraction of sp³-hybridized carbons (Fsp3) is 0.462. The summed E-state index contributed by atoms with van der Waals surface area (Å²) in [7, 11) is -4.10. The second-order valence-electron chi connectivity index (χ2n) is 5.63. The van der Waals surface area contributed by atoms with Crippen molar-refractivity contribution in [3.63, 3.8) is 0 Å². The summed E-state index contributed by atoms with van der Waals surface area (Å²) < 4.78 is 11.9. The molecule has 0 aromatic carbocycles. The van der Waals surface area contributed by atoms with E-state index in [2.05, 4.69) is 15.0 Å². The molecule has 2 aliphatic rings. The van der Waals surface area contributed by atoms with E-state index in [0.29, 0.717) is 0 Å². The highest BCUT2D eigenvalue weighted by molar-refractivity contribution is 7.53. The molecule has 0 bridgehead atoms. The molecule has 2 heterocycles. The van der Waals surface area contributed by atoms with Crippen LogP contribution in [-0.2, 0) is 33.4 Å². The predicted octanol–water partition coefficient (Wildman–Crippen LogP) is -1.91. The largest absolute Gasteiger partial charge is 0.397 e. The molecule has 4 N–H and O–H groups in total.